The maximum atomic E-state index is 14.0. The molecule has 4 heterocycles. The second kappa shape index (κ2) is 8.09. The number of rotatable bonds is 6. The van der Waals surface area contributed by atoms with Crippen LogP contribution >= 0.6 is 0 Å². The van der Waals surface area contributed by atoms with Gasteiger partial charge in [-0.1, -0.05) is 12.1 Å². The van der Waals surface area contributed by atoms with Crippen molar-refractivity contribution in [2.45, 2.75) is 26.9 Å². The van der Waals surface area contributed by atoms with E-state index in [0.29, 0.717) is 22.7 Å². The Balaban J connectivity index is 1.50. The summed E-state index contributed by atoms with van der Waals surface area (Å²) in [6.07, 6.45) is 5.32. The molecule has 0 unspecified atom stereocenters. The SMILES string of the molecule is Cc1cn2c(C(=O)Cc3cnn4ccccc34)c(C)nc2c(OCc2c(F)cccc2F)n1. The van der Waals surface area contributed by atoms with Crippen molar-refractivity contribution in [1.29, 1.82) is 0 Å². The van der Waals surface area contributed by atoms with Crippen LogP contribution in [0.25, 0.3) is 11.2 Å². The van der Waals surface area contributed by atoms with Crippen LogP contribution in [0.2, 0.25) is 0 Å². The molecule has 9 heteroatoms. The third-order valence-electron chi connectivity index (χ3n) is 5.41. The van der Waals surface area contributed by atoms with Crippen molar-refractivity contribution in [2.75, 3.05) is 0 Å². The molecule has 4 aromatic heterocycles. The molecule has 7 nitrogen and oxygen atoms in total. The molecule has 0 aliphatic heterocycles. The highest BCUT2D eigenvalue weighted by molar-refractivity contribution is 5.98. The maximum Gasteiger partial charge on any atom is 0.258 e. The fraction of sp³-hybridized carbons (Fsp3) is 0.167. The zero-order valence-electron chi connectivity index (χ0n) is 17.9. The van der Waals surface area contributed by atoms with Gasteiger partial charge in [0.2, 0.25) is 5.65 Å². The Kier molecular flexibility index (Phi) is 5.08. The lowest BCUT2D eigenvalue weighted by Gasteiger charge is -2.10. The van der Waals surface area contributed by atoms with E-state index in [0.717, 1.165) is 23.2 Å². The Bertz CT molecular complexity index is 1500. The number of Topliss-reactive ketones (excluding diaryl/α,β-unsaturated/α-hetero) is 1. The van der Waals surface area contributed by atoms with E-state index in [9.17, 15) is 13.6 Å². The highest BCUT2D eigenvalue weighted by atomic mass is 19.1. The standard InChI is InChI=1S/C24H19F2N5O2/c1-14-12-30-22(21(32)10-16-11-27-31-9-4-3-8-20(16)31)15(2)29-23(30)24(28-14)33-13-17-18(25)6-5-7-19(17)26/h3-9,11-12H,10,13H2,1-2H3. The summed E-state index contributed by atoms with van der Waals surface area (Å²) in [6, 6.07) is 9.28. The number of nitrogens with zero attached hydrogens (tertiary/aromatic N) is 5. The van der Waals surface area contributed by atoms with Gasteiger partial charge in [-0.3, -0.25) is 9.20 Å². The van der Waals surface area contributed by atoms with Gasteiger partial charge in [0.1, 0.15) is 23.9 Å². The second-order valence-corrected chi connectivity index (χ2v) is 7.72. The Morgan fingerprint density at radius 3 is 2.64 bits per heavy atom. The molecule has 5 rings (SSSR count). The minimum atomic E-state index is -0.706. The summed E-state index contributed by atoms with van der Waals surface area (Å²) >= 11 is 0. The molecule has 0 N–H and O–H groups in total. The molecule has 0 fully saturated rings. The Morgan fingerprint density at radius 1 is 1.06 bits per heavy atom. The summed E-state index contributed by atoms with van der Waals surface area (Å²) in [5.41, 5.74) is 3.22. The third-order valence-corrected chi connectivity index (χ3v) is 5.41. The summed E-state index contributed by atoms with van der Waals surface area (Å²) in [5, 5.41) is 4.28. The minimum absolute atomic E-state index is 0.0933. The molecule has 166 valence electrons. The number of benzene rings is 1. The molecule has 0 amide bonds. The van der Waals surface area contributed by atoms with Crippen LogP contribution in [0.15, 0.2) is 55.0 Å². The van der Waals surface area contributed by atoms with E-state index >= 15 is 0 Å². The molecular weight excluding hydrogens is 428 g/mol. The van der Waals surface area contributed by atoms with Crippen LogP contribution in [-0.2, 0) is 13.0 Å². The number of fused-ring (bicyclic) bond motifs is 2. The molecule has 1 aromatic carbocycles. The van der Waals surface area contributed by atoms with Gasteiger partial charge in [0.25, 0.3) is 5.88 Å². The number of aromatic nitrogens is 5. The van der Waals surface area contributed by atoms with Crippen LogP contribution in [0.3, 0.4) is 0 Å². The number of carbonyl (C=O) groups excluding carboxylic acids is 1. The molecule has 0 aliphatic carbocycles. The first-order valence-corrected chi connectivity index (χ1v) is 10.3. The van der Waals surface area contributed by atoms with Crippen molar-refractivity contribution in [3.8, 4) is 5.88 Å². The lowest BCUT2D eigenvalue weighted by molar-refractivity contribution is 0.0987. The van der Waals surface area contributed by atoms with Crippen molar-refractivity contribution in [1.82, 2.24) is 24.0 Å². The quantitative estimate of drug-likeness (QED) is 0.364. The Morgan fingerprint density at radius 2 is 1.85 bits per heavy atom. The van der Waals surface area contributed by atoms with Gasteiger partial charge >= 0.3 is 0 Å². The fourth-order valence-electron chi connectivity index (χ4n) is 3.87. The van der Waals surface area contributed by atoms with Crippen LogP contribution in [0.1, 0.15) is 33.0 Å². The molecule has 0 aliphatic rings. The van der Waals surface area contributed by atoms with Crippen LogP contribution in [-0.4, -0.2) is 29.8 Å². The van der Waals surface area contributed by atoms with Crippen LogP contribution in [0, 0.1) is 25.5 Å². The van der Waals surface area contributed by atoms with Crippen LogP contribution < -0.4 is 4.74 Å². The second-order valence-electron chi connectivity index (χ2n) is 7.72. The molecule has 0 spiro atoms. The van der Waals surface area contributed by atoms with Gasteiger partial charge in [-0.05, 0) is 38.1 Å². The number of ether oxygens (including phenoxy) is 1. The first-order chi connectivity index (χ1) is 15.9. The van der Waals surface area contributed by atoms with Gasteiger partial charge in [0.15, 0.2) is 5.78 Å². The molecule has 0 saturated heterocycles. The van der Waals surface area contributed by atoms with E-state index in [4.69, 9.17) is 4.74 Å². The Hall–Kier alpha value is -4.14. The summed E-state index contributed by atoms with van der Waals surface area (Å²) in [6.45, 7) is 3.11. The summed E-state index contributed by atoms with van der Waals surface area (Å²) in [5.74, 6) is -1.46. The van der Waals surface area contributed by atoms with Gasteiger partial charge in [-0.25, -0.2) is 23.3 Å². The number of imidazole rings is 1. The molecule has 0 atom stereocenters. The molecule has 0 radical (unpaired) electrons. The maximum absolute atomic E-state index is 14.0. The molecule has 5 aromatic rings. The van der Waals surface area contributed by atoms with Gasteiger partial charge in [0.05, 0.1) is 28.7 Å². The molecule has 0 bridgehead atoms. The smallest absolute Gasteiger partial charge is 0.258 e. The molecule has 33 heavy (non-hydrogen) atoms. The highest BCUT2D eigenvalue weighted by Gasteiger charge is 2.22. The van der Waals surface area contributed by atoms with Crippen LogP contribution in [0.5, 0.6) is 5.88 Å². The Labute approximate surface area is 187 Å². The van der Waals surface area contributed by atoms with Crippen molar-refractivity contribution in [3.05, 3.63) is 94.8 Å². The predicted octanol–water partition coefficient (Wildman–Crippen LogP) is 4.28. The largest absolute Gasteiger partial charge is 0.470 e. The first-order valence-electron chi connectivity index (χ1n) is 10.3. The van der Waals surface area contributed by atoms with E-state index in [2.05, 4.69) is 15.1 Å². The summed E-state index contributed by atoms with van der Waals surface area (Å²) < 4.78 is 37.0. The summed E-state index contributed by atoms with van der Waals surface area (Å²) in [4.78, 5) is 22.1. The van der Waals surface area contributed by atoms with E-state index < -0.39 is 11.6 Å². The number of hydrogen-bond acceptors (Lipinski definition) is 5. The zero-order valence-corrected chi connectivity index (χ0v) is 17.9. The monoisotopic (exact) mass is 447 g/mol. The normalized spacial score (nSPS) is 11.4. The van der Waals surface area contributed by atoms with Gasteiger partial charge in [-0.2, -0.15) is 5.10 Å². The zero-order chi connectivity index (χ0) is 23.1. The number of carbonyl (C=O) groups is 1. The number of ketones is 1. The van der Waals surface area contributed by atoms with E-state index in [-0.39, 0.29) is 30.3 Å². The van der Waals surface area contributed by atoms with Crippen LogP contribution in [0.4, 0.5) is 8.78 Å². The topological polar surface area (TPSA) is 73.8 Å². The van der Waals surface area contributed by atoms with Crippen molar-refractivity contribution in [3.63, 3.8) is 0 Å². The number of halogens is 2. The number of aryl methyl sites for hydroxylation is 2. The van der Waals surface area contributed by atoms with Gasteiger partial charge in [0, 0.05) is 24.4 Å². The van der Waals surface area contributed by atoms with Crippen molar-refractivity contribution >= 4 is 16.9 Å². The molecular formula is C24H19F2N5O2. The van der Waals surface area contributed by atoms with Gasteiger partial charge in [-0.15, -0.1) is 0 Å². The van der Waals surface area contributed by atoms with Crippen molar-refractivity contribution < 1.29 is 18.3 Å². The van der Waals surface area contributed by atoms with E-state index in [1.165, 1.54) is 6.07 Å². The highest BCUT2D eigenvalue weighted by Crippen LogP contribution is 2.24. The first kappa shape index (κ1) is 20.7. The van der Waals surface area contributed by atoms with E-state index in [1.807, 2.05) is 24.4 Å². The van der Waals surface area contributed by atoms with Gasteiger partial charge < -0.3 is 4.74 Å². The average Bonchev–Trinajstić information content (AvgIpc) is 3.33. The molecule has 0 saturated carbocycles. The minimum Gasteiger partial charge on any atom is -0.470 e. The summed E-state index contributed by atoms with van der Waals surface area (Å²) in [7, 11) is 0. The predicted molar refractivity (Wildman–Crippen MR) is 116 cm³/mol. The number of hydrogen-bond donors (Lipinski definition) is 0. The van der Waals surface area contributed by atoms with Crippen molar-refractivity contribution in [2.24, 2.45) is 0 Å². The lowest BCUT2D eigenvalue weighted by Crippen LogP contribution is -2.10. The van der Waals surface area contributed by atoms with E-state index in [1.54, 1.807) is 35.2 Å². The lowest BCUT2D eigenvalue weighted by atomic mass is 10.1. The third kappa shape index (κ3) is 3.71. The average molecular weight is 447 g/mol. The number of pyridine rings is 1. The fourth-order valence-corrected chi connectivity index (χ4v) is 3.87.